The van der Waals surface area contributed by atoms with Crippen LogP contribution in [0.4, 0.5) is 10.8 Å². The van der Waals surface area contributed by atoms with Crippen LogP contribution < -0.4 is 20.0 Å². The first-order valence-corrected chi connectivity index (χ1v) is 13.6. The lowest BCUT2D eigenvalue weighted by Crippen LogP contribution is -2.53. The van der Waals surface area contributed by atoms with Crippen LogP contribution in [0.15, 0.2) is 69.9 Å². The number of halogens is 1. The van der Waals surface area contributed by atoms with Gasteiger partial charge >= 0.3 is 0 Å². The molecule has 0 N–H and O–H groups in total. The second-order valence-corrected chi connectivity index (χ2v) is 10.9. The Morgan fingerprint density at radius 3 is 2.69 bits per heavy atom. The molecule has 2 aliphatic heterocycles. The van der Waals surface area contributed by atoms with E-state index in [0.29, 0.717) is 40.5 Å². The fourth-order valence-corrected chi connectivity index (χ4v) is 6.91. The standard InChI is InChI=1S/C29H20ClN3O5S/c1-3-12-32-20-7-5-4-6-18(20)29(27(32)36)23-24(34)17-13-15(30)8-11-21(17)38-25(23)26(35)33(29)28-31-19-10-9-16(37-2)14-22(19)39-28/h4-11,13-14H,3,12H2,1-2H3. The van der Waals surface area contributed by atoms with Gasteiger partial charge in [0.05, 0.1) is 34.0 Å². The lowest BCUT2D eigenvalue weighted by Gasteiger charge is -2.32. The van der Waals surface area contributed by atoms with Crippen LogP contribution in [0.2, 0.25) is 5.02 Å². The minimum atomic E-state index is -1.78. The van der Waals surface area contributed by atoms with Crippen molar-refractivity contribution in [2.24, 2.45) is 0 Å². The second kappa shape index (κ2) is 8.39. The number of ether oxygens (including phenoxy) is 1. The Morgan fingerprint density at radius 1 is 1.08 bits per heavy atom. The number of fused-ring (bicyclic) bond motifs is 6. The highest BCUT2D eigenvalue weighted by molar-refractivity contribution is 7.22. The Hall–Kier alpha value is -4.21. The Balaban J connectivity index is 1.60. The largest absolute Gasteiger partial charge is 0.497 e. The smallest absolute Gasteiger partial charge is 0.297 e. The van der Waals surface area contributed by atoms with Crippen molar-refractivity contribution in [3.8, 4) is 5.75 Å². The normalized spacial score (nSPS) is 18.0. The van der Waals surface area contributed by atoms with Crippen molar-refractivity contribution in [3.05, 3.63) is 92.8 Å². The Bertz CT molecular complexity index is 1930. The summed E-state index contributed by atoms with van der Waals surface area (Å²) < 4.78 is 12.2. The maximum Gasteiger partial charge on any atom is 0.297 e. The van der Waals surface area contributed by atoms with Crippen LogP contribution in [0, 0.1) is 0 Å². The number of para-hydroxylation sites is 1. The van der Waals surface area contributed by atoms with Crippen LogP contribution in [0.1, 0.15) is 35.0 Å². The number of rotatable bonds is 4. The van der Waals surface area contributed by atoms with Crippen molar-refractivity contribution >= 4 is 66.8 Å². The fourth-order valence-electron chi connectivity index (χ4n) is 5.70. The monoisotopic (exact) mass is 557 g/mol. The molecule has 0 aliphatic carbocycles. The maximum atomic E-state index is 14.6. The first-order valence-electron chi connectivity index (χ1n) is 12.4. The number of hydrogen-bond acceptors (Lipinski definition) is 7. The van der Waals surface area contributed by atoms with Gasteiger partial charge in [-0.15, -0.1) is 0 Å². The summed E-state index contributed by atoms with van der Waals surface area (Å²) in [7, 11) is 1.57. The van der Waals surface area contributed by atoms with E-state index >= 15 is 0 Å². The third-order valence-electron chi connectivity index (χ3n) is 7.31. The molecule has 8 nitrogen and oxygen atoms in total. The highest BCUT2D eigenvalue weighted by atomic mass is 35.5. The molecule has 0 radical (unpaired) electrons. The molecule has 1 unspecified atom stereocenters. The van der Waals surface area contributed by atoms with E-state index in [1.807, 2.05) is 25.1 Å². The van der Waals surface area contributed by atoms with E-state index in [0.717, 1.165) is 4.70 Å². The molecule has 7 rings (SSSR count). The lowest BCUT2D eigenvalue weighted by molar-refractivity contribution is -0.121. The van der Waals surface area contributed by atoms with Gasteiger partial charge in [-0.05, 0) is 48.9 Å². The van der Waals surface area contributed by atoms with Crippen molar-refractivity contribution in [2.75, 3.05) is 23.5 Å². The number of carbonyl (C=O) groups is 2. The van der Waals surface area contributed by atoms with Crippen LogP contribution in [0.25, 0.3) is 21.2 Å². The van der Waals surface area contributed by atoms with Crippen molar-refractivity contribution in [3.63, 3.8) is 0 Å². The van der Waals surface area contributed by atoms with Gasteiger partial charge < -0.3 is 14.1 Å². The Kier molecular flexibility index (Phi) is 5.14. The van der Waals surface area contributed by atoms with Gasteiger partial charge in [0.15, 0.2) is 16.1 Å². The molecule has 2 aromatic heterocycles. The Morgan fingerprint density at radius 2 is 1.90 bits per heavy atom. The van der Waals surface area contributed by atoms with E-state index in [1.54, 1.807) is 48.4 Å². The van der Waals surface area contributed by atoms with Crippen LogP contribution >= 0.6 is 22.9 Å². The number of amides is 2. The lowest BCUT2D eigenvalue weighted by atomic mass is 9.84. The highest BCUT2D eigenvalue weighted by Gasteiger charge is 2.66. The van der Waals surface area contributed by atoms with Gasteiger partial charge in [-0.2, -0.15) is 0 Å². The molecule has 1 atom stereocenters. The highest BCUT2D eigenvalue weighted by Crippen LogP contribution is 2.55. The minimum absolute atomic E-state index is 0.0184. The van der Waals surface area contributed by atoms with Crippen LogP contribution in [0.5, 0.6) is 5.75 Å². The van der Waals surface area contributed by atoms with Gasteiger partial charge in [0.2, 0.25) is 5.76 Å². The summed E-state index contributed by atoms with van der Waals surface area (Å²) in [4.78, 5) is 50.9. The number of benzene rings is 3. The summed E-state index contributed by atoms with van der Waals surface area (Å²) >= 11 is 7.48. The van der Waals surface area contributed by atoms with Gasteiger partial charge in [0.1, 0.15) is 11.3 Å². The molecule has 1 spiro atoms. The number of hydrogen-bond donors (Lipinski definition) is 0. The molecular weight excluding hydrogens is 538 g/mol. The summed E-state index contributed by atoms with van der Waals surface area (Å²) in [5, 5.41) is 0.817. The van der Waals surface area contributed by atoms with E-state index < -0.39 is 22.8 Å². The summed E-state index contributed by atoms with van der Waals surface area (Å²) in [6.07, 6.45) is 0.680. The van der Waals surface area contributed by atoms with Crippen molar-refractivity contribution in [2.45, 2.75) is 18.9 Å². The van der Waals surface area contributed by atoms with Gasteiger partial charge in [-0.3, -0.25) is 19.3 Å². The predicted molar refractivity (Wildman–Crippen MR) is 150 cm³/mol. The van der Waals surface area contributed by atoms with Gasteiger partial charge in [0, 0.05) is 17.1 Å². The van der Waals surface area contributed by atoms with Gasteiger partial charge in [0.25, 0.3) is 11.8 Å². The maximum absolute atomic E-state index is 14.6. The molecular formula is C29H20ClN3O5S. The zero-order valence-electron chi connectivity index (χ0n) is 20.9. The molecule has 10 heteroatoms. The first-order chi connectivity index (χ1) is 18.9. The number of nitrogens with zero attached hydrogens (tertiary/aromatic N) is 3. The first kappa shape index (κ1) is 23.9. The zero-order chi connectivity index (χ0) is 27.1. The number of thiazole rings is 1. The third kappa shape index (κ3) is 3.05. The zero-order valence-corrected chi connectivity index (χ0v) is 22.4. The number of aromatic nitrogens is 1. The molecule has 4 heterocycles. The second-order valence-electron chi connectivity index (χ2n) is 9.43. The average Bonchev–Trinajstić information content (AvgIpc) is 3.55. The Labute approximate surface area is 231 Å². The molecule has 0 saturated carbocycles. The van der Waals surface area contributed by atoms with Gasteiger partial charge in [-0.1, -0.05) is 48.1 Å². The average molecular weight is 558 g/mol. The van der Waals surface area contributed by atoms with Crippen LogP contribution in [-0.2, 0) is 10.3 Å². The fraction of sp³-hybridized carbons (Fsp3) is 0.172. The topological polar surface area (TPSA) is 93.0 Å². The van der Waals surface area contributed by atoms with Crippen molar-refractivity contribution < 1.29 is 18.7 Å². The summed E-state index contributed by atoms with van der Waals surface area (Å²) in [5.74, 6) is -0.539. The SMILES string of the molecule is CCCN1C(=O)C2(c3ccccc31)c1c(oc3ccc(Cl)cc3c1=O)C(=O)N2c1nc2ccc(OC)cc2s1. The molecule has 2 amide bonds. The van der Waals surface area contributed by atoms with Crippen molar-refractivity contribution in [1.29, 1.82) is 0 Å². The molecule has 5 aromatic rings. The van der Waals surface area contributed by atoms with Crippen molar-refractivity contribution in [1.82, 2.24) is 4.98 Å². The number of anilines is 2. The summed E-state index contributed by atoms with van der Waals surface area (Å²) in [6.45, 7) is 2.38. The molecule has 0 fully saturated rings. The summed E-state index contributed by atoms with van der Waals surface area (Å²) in [5.41, 5.74) is -0.261. The molecule has 194 valence electrons. The van der Waals surface area contributed by atoms with E-state index in [9.17, 15) is 14.4 Å². The number of carbonyl (C=O) groups excluding carboxylic acids is 2. The van der Waals surface area contributed by atoms with E-state index in [2.05, 4.69) is 0 Å². The molecule has 39 heavy (non-hydrogen) atoms. The third-order valence-corrected chi connectivity index (χ3v) is 8.55. The minimum Gasteiger partial charge on any atom is -0.497 e. The molecule has 3 aromatic carbocycles. The molecule has 0 bridgehead atoms. The van der Waals surface area contributed by atoms with E-state index in [1.165, 1.54) is 22.3 Å². The number of methoxy groups -OCH3 is 1. The summed E-state index contributed by atoms with van der Waals surface area (Å²) in [6, 6.07) is 17.3. The quantitative estimate of drug-likeness (QED) is 0.280. The van der Waals surface area contributed by atoms with Gasteiger partial charge in [-0.25, -0.2) is 4.98 Å². The van der Waals surface area contributed by atoms with E-state index in [4.69, 9.17) is 25.7 Å². The molecule has 2 aliphatic rings. The van der Waals surface area contributed by atoms with E-state index in [-0.39, 0.29) is 27.4 Å². The predicted octanol–water partition coefficient (Wildman–Crippen LogP) is 5.73. The molecule has 0 saturated heterocycles. The van der Waals surface area contributed by atoms with Crippen LogP contribution in [0.3, 0.4) is 0 Å². The van der Waals surface area contributed by atoms with Crippen LogP contribution in [-0.4, -0.2) is 30.5 Å².